The fourth-order valence-electron chi connectivity index (χ4n) is 2.98. The summed E-state index contributed by atoms with van der Waals surface area (Å²) in [6.07, 6.45) is 2.93. The lowest BCUT2D eigenvalue weighted by molar-refractivity contribution is 0.727. The smallest absolute Gasteiger partial charge is 0.0493 e. The Morgan fingerprint density at radius 1 is 0.909 bits per heavy atom. The monoisotopic (exact) mass is 287 g/mol. The van der Waals surface area contributed by atoms with E-state index in [1.807, 2.05) is 6.08 Å². The van der Waals surface area contributed by atoms with E-state index in [2.05, 4.69) is 91.2 Å². The summed E-state index contributed by atoms with van der Waals surface area (Å²) >= 11 is 0. The van der Waals surface area contributed by atoms with Crippen LogP contribution in [0.15, 0.2) is 85.5 Å². The van der Waals surface area contributed by atoms with Crippen molar-refractivity contribution in [2.45, 2.75) is 19.4 Å². The molecule has 0 saturated carbocycles. The van der Waals surface area contributed by atoms with Gasteiger partial charge in [0.25, 0.3) is 0 Å². The lowest BCUT2D eigenvalue weighted by Crippen LogP contribution is -2.28. The standard InChI is InChI=1S/C21H21N/c1-3-10-17(2)22(19-13-5-4-6-14-19)21-16-9-12-18-11-7-8-15-20(18)21/h3-9,11-17H,1,10H2,2H3. The predicted octanol–water partition coefficient (Wildman–Crippen LogP) is 5.94. The van der Waals surface area contributed by atoms with Crippen LogP contribution in [0.3, 0.4) is 0 Å². The van der Waals surface area contributed by atoms with E-state index in [0.29, 0.717) is 6.04 Å². The minimum Gasteiger partial charge on any atom is -0.338 e. The van der Waals surface area contributed by atoms with Crippen LogP contribution in [-0.2, 0) is 0 Å². The van der Waals surface area contributed by atoms with E-state index >= 15 is 0 Å². The van der Waals surface area contributed by atoms with Gasteiger partial charge in [0.1, 0.15) is 0 Å². The zero-order chi connectivity index (χ0) is 15.4. The Balaban J connectivity index is 2.18. The minimum atomic E-state index is 0.353. The van der Waals surface area contributed by atoms with Gasteiger partial charge in [-0.3, -0.25) is 0 Å². The van der Waals surface area contributed by atoms with Gasteiger partial charge < -0.3 is 4.90 Å². The molecule has 0 fully saturated rings. The van der Waals surface area contributed by atoms with Crippen LogP contribution in [0.25, 0.3) is 10.8 Å². The molecule has 110 valence electrons. The highest BCUT2D eigenvalue weighted by molar-refractivity contribution is 5.96. The van der Waals surface area contributed by atoms with Gasteiger partial charge in [-0.15, -0.1) is 6.58 Å². The Kier molecular flexibility index (Phi) is 4.24. The van der Waals surface area contributed by atoms with Gasteiger partial charge in [-0.2, -0.15) is 0 Å². The summed E-state index contributed by atoms with van der Waals surface area (Å²) in [6.45, 7) is 6.15. The molecule has 0 heterocycles. The summed E-state index contributed by atoms with van der Waals surface area (Å²) in [4.78, 5) is 2.41. The molecule has 0 amide bonds. The van der Waals surface area contributed by atoms with E-state index in [4.69, 9.17) is 0 Å². The maximum Gasteiger partial charge on any atom is 0.0493 e. The first kappa shape index (κ1) is 14.4. The van der Waals surface area contributed by atoms with Crippen LogP contribution < -0.4 is 4.90 Å². The molecular weight excluding hydrogens is 266 g/mol. The fourth-order valence-corrected chi connectivity index (χ4v) is 2.98. The Morgan fingerprint density at radius 3 is 2.36 bits per heavy atom. The lowest BCUT2D eigenvalue weighted by atomic mass is 10.0. The summed E-state index contributed by atoms with van der Waals surface area (Å²) in [6, 6.07) is 26.0. The Bertz CT molecular complexity index is 756. The number of nitrogens with zero attached hydrogens (tertiary/aromatic N) is 1. The highest BCUT2D eigenvalue weighted by atomic mass is 15.2. The molecule has 1 nitrogen and oxygen atoms in total. The van der Waals surface area contributed by atoms with Crippen molar-refractivity contribution in [3.63, 3.8) is 0 Å². The van der Waals surface area contributed by atoms with Crippen LogP contribution in [0.4, 0.5) is 11.4 Å². The van der Waals surface area contributed by atoms with E-state index in [0.717, 1.165) is 6.42 Å². The Labute approximate surface area is 132 Å². The van der Waals surface area contributed by atoms with Crippen LogP contribution in [0.1, 0.15) is 13.3 Å². The predicted molar refractivity (Wildman–Crippen MR) is 96.8 cm³/mol. The van der Waals surface area contributed by atoms with Crippen molar-refractivity contribution in [3.05, 3.63) is 85.5 Å². The fraction of sp³-hybridized carbons (Fsp3) is 0.143. The van der Waals surface area contributed by atoms with Crippen LogP contribution in [0, 0.1) is 0 Å². The van der Waals surface area contributed by atoms with Crippen LogP contribution in [0.2, 0.25) is 0 Å². The van der Waals surface area contributed by atoms with Crippen LogP contribution in [0.5, 0.6) is 0 Å². The minimum absolute atomic E-state index is 0.353. The number of anilines is 2. The maximum atomic E-state index is 3.91. The molecule has 3 rings (SSSR count). The van der Waals surface area contributed by atoms with Gasteiger partial charge in [0.2, 0.25) is 0 Å². The van der Waals surface area contributed by atoms with Crippen molar-refractivity contribution in [1.82, 2.24) is 0 Å². The van der Waals surface area contributed by atoms with Gasteiger partial charge >= 0.3 is 0 Å². The van der Waals surface area contributed by atoms with Crippen molar-refractivity contribution < 1.29 is 0 Å². The first-order valence-electron chi connectivity index (χ1n) is 7.74. The van der Waals surface area contributed by atoms with E-state index in [1.54, 1.807) is 0 Å². The third-order valence-electron chi connectivity index (χ3n) is 4.01. The molecule has 1 heteroatoms. The normalized spacial score (nSPS) is 12.0. The molecule has 22 heavy (non-hydrogen) atoms. The van der Waals surface area contributed by atoms with Gasteiger partial charge in [0.15, 0.2) is 0 Å². The molecule has 0 saturated heterocycles. The molecule has 1 unspecified atom stereocenters. The van der Waals surface area contributed by atoms with E-state index in [9.17, 15) is 0 Å². The first-order chi connectivity index (χ1) is 10.8. The number of rotatable bonds is 5. The Morgan fingerprint density at radius 2 is 1.59 bits per heavy atom. The van der Waals surface area contributed by atoms with Crippen molar-refractivity contribution in [2.75, 3.05) is 4.90 Å². The summed E-state index contributed by atoms with van der Waals surface area (Å²) in [5.41, 5.74) is 2.46. The van der Waals surface area contributed by atoms with Crippen molar-refractivity contribution in [1.29, 1.82) is 0 Å². The molecule has 0 aliphatic carbocycles. The van der Waals surface area contributed by atoms with Gasteiger partial charge in [-0.05, 0) is 36.9 Å². The SMILES string of the molecule is C=CCC(C)N(c1ccccc1)c1cccc2ccccc12. The zero-order valence-electron chi connectivity index (χ0n) is 12.9. The number of hydrogen-bond acceptors (Lipinski definition) is 1. The first-order valence-corrected chi connectivity index (χ1v) is 7.74. The average molecular weight is 287 g/mol. The number of hydrogen-bond donors (Lipinski definition) is 0. The highest BCUT2D eigenvalue weighted by Gasteiger charge is 2.17. The van der Waals surface area contributed by atoms with Gasteiger partial charge in [0, 0.05) is 22.8 Å². The third kappa shape index (κ3) is 2.75. The van der Waals surface area contributed by atoms with Gasteiger partial charge in [-0.1, -0.05) is 60.7 Å². The van der Waals surface area contributed by atoms with E-state index < -0.39 is 0 Å². The van der Waals surface area contributed by atoms with Crippen LogP contribution >= 0.6 is 0 Å². The summed E-state index contributed by atoms with van der Waals surface area (Å²) in [5, 5.41) is 2.55. The molecule has 3 aromatic carbocycles. The molecule has 0 radical (unpaired) electrons. The second-order valence-corrected chi connectivity index (χ2v) is 5.58. The van der Waals surface area contributed by atoms with Crippen molar-refractivity contribution in [2.24, 2.45) is 0 Å². The molecule has 0 aliphatic rings. The average Bonchev–Trinajstić information content (AvgIpc) is 2.57. The molecule has 0 N–H and O–H groups in total. The molecule has 0 aliphatic heterocycles. The number of para-hydroxylation sites is 1. The summed E-state index contributed by atoms with van der Waals surface area (Å²) in [7, 11) is 0. The zero-order valence-corrected chi connectivity index (χ0v) is 12.9. The van der Waals surface area contributed by atoms with Gasteiger partial charge in [-0.25, -0.2) is 0 Å². The largest absolute Gasteiger partial charge is 0.338 e. The van der Waals surface area contributed by atoms with Crippen LogP contribution in [-0.4, -0.2) is 6.04 Å². The Hall–Kier alpha value is -2.54. The van der Waals surface area contributed by atoms with Crippen molar-refractivity contribution >= 4 is 22.1 Å². The summed E-state index contributed by atoms with van der Waals surface area (Å²) < 4.78 is 0. The molecule has 1 atom stereocenters. The molecule has 0 spiro atoms. The summed E-state index contributed by atoms with van der Waals surface area (Å²) in [5.74, 6) is 0. The van der Waals surface area contributed by atoms with Crippen molar-refractivity contribution in [3.8, 4) is 0 Å². The molecule has 3 aromatic rings. The number of benzene rings is 3. The molecular formula is C21H21N. The quantitative estimate of drug-likeness (QED) is 0.525. The second kappa shape index (κ2) is 6.48. The molecule has 0 bridgehead atoms. The highest BCUT2D eigenvalue weighted by Crippen LogP contribution is 2.34. The van der Waals surface area contributed by atoms with Gasteiger partial charge in [0.05, 0.1) is 0 Å². The third-order valence-corrected chi connectivity index (χ3v) is 4.01. The van der Waals surface area contributed by atoms with E-state index in [-0.39, 0.29) is 0 Å². The van der Waals surface area contributed by atoms with E-state index in [1.165, 1.54) is 22.1 Å². The molecule has 0 aromatic heterocycles. The number of fused-ring (bicyclic) bond motifs is 1. The lowest BCUT2D eigenvalue weighted by Gasteiger charge is -2.32. The second-order valence-electron chi connectivity index (χ2n) is 5.58. The maximum absolute atomic E-state index is 3.91. The topological polar surface area (TPSA) is 3.24 Å².